The summed E-state index contributed by atoms with van der Waals surface area (Å²) in [6.07, 6.45) is 0. The molecule has 0 aliphatic rings. The Balaban J connectivity index is 2.60. The van der Waals surface area contributed by atoms with Gasteiger partial charge >= 0.3 is 0 Å². The lowest BCUT2D eigenvalue weighted by Crippen LogP contribution is -1.83. The largest absolute Gasteiger partial charge is 0.207 e. The molecule has 0 aliphatic carbocycles. The summed E-state index contributed by atoms with van der Waals surface area (Å²) in [6.45, 7) is 0. The van der Waals surface area contributed by atoms with Gasteiger partial charge in [0, 0.05) is 8.95 Å². The normalized spacial score (nSPS) is 10.3. The van der Waals surface area contributed by atoms with Crippen LogP contribution in [0.4, 0.5) is 4.39 Å². The number of benzene rings is 2. The fraction of sp³-hybridized carbons (Fsp3) is 0. The summed E-state index contributed by atoms with van der Waals surface area (Å²) in [5.41, 5.74) is 2.02. The molecule has 0 saturated heterocycles. The first kappa shape index (κ1) is 10.8. The van der Waals surface area contributed by atoms with E-state index in [2.05, 4.69) is 31.9 Å². The van der Waals surface area contributed by atoms with Gasteiger partial charge in [0.25, 0.3) is 0 Å². The summed E-state index contributed by atoms with van der Waals surface area (Å²) in [7, 11) is 0. The van der Waals surface area contributed by atoms with Gasteiger partial charge in [-0.3, -0.25) is 0 Å². The molecule has 0 radical (unpaired) electrons. The van der Waals surface area contributed by atoms with Gasteiger partial charge in [0.05, 0.1) is 0 Å². The minimum Gasteiger partial charge on any atom is -0.207 e. The lowest BCUT2D eigenvalue weighted by atomic mass is 10.1. The predicted octanol–water partition coefficient (Wildman–Crippen LogP) is 5.02. The lowest BCUT2D eigenvalue weighted by molar-refractivity contribution is 0.627. The second-order valence-corrected chi connectivity index (χ2v) is 4.81. The molecular formula is C12H7Br2F. The van der Waals surface area contributed by atoms with Crippen LogP contribution in [0.1, 0.15) is 0 Å². The number of halogens is 3. The fourth-order valence-electron chi connectivity index (χ4n) is 1.39. The number of hydrogen-bond acceptors (Lipinski definition) is 0. The Morgan fingerprint density at radius 3 is 2.13 bits per heavy atom. The molecule has 0 spiro atoms. The Kier molecular flexibility index (Phi) is 3.22. The fourth-order valence-corrected chi connectivity index (χ4v) is 2.45. The van der Waals surface area contributed by atoms with Gasteiger partial charge in [-0.15, -0.1) is 0 Å². The zero-order chi connectivity index (χ0) is 10.8. The highest BCUT2D eigenvalue weighted by Gasteiger charge is 2.06. The van der Waals surface area contributed by atoms with E-state index in [1.54, 1.807) is 6.07 Å². The monoisotopic (exact) mass is 328 g/mol. The van der Waals surface area contributed by atoms with E-state index >= 15 is 0 Å². The molecule has 76 valence electrons. The highest BCUT2D eigenvalue weighted by Crippen LogP contribution is 2.33. The SMILES string of the molecule is Fc1ccc(-c2ccccc2Br)c(Br)c1. The lowest BCUT2D eigenvalue weighted by Gasteiger charge is -2.06. The zero-order valence-corrected chi connectivity index (χ0v) is 10.8. The van der Waals surface area contributed by atoms with Crippen molar-refractivity contribution in [2.24, 2.45) is 0 Å². The van der Waals surface area contributed by atoms with Crippen LogP contribution in [-0.2, 0) is 0 Å². The molecule has 0 atom stereocenters. The van der Waals surface area contributed by atoms with E-state index in [0.717, 1.165) is 20.1 Å². The molecule has 0 amide bonds. The third kappa shape index (κ3) is 2.29. The summed E-state index contributed by atoms with van der Waals surface area (Å²) in [5, 5.41) is 0. The van der Waals surface area contributed by atoms with Gasteiger partial charge in [0.1, 0.15) is 5.82 Å². The first-order valence-corrected chi connectivity index (χ1v) is 5.97. The van der Waals surface area contributed by atoms with E-state index in [9.17, 15) is 4.39 Å². The van der Waals surface area contributed by atoms with Gasteiger partial charge in [-0.2, -0.15) is 0 Å². The second-order valence-electron chi connectivity index (χ2n) is 3.10. The smallest absolute Gasteiger partial charge is 0.124 e. The molecule has 3 heteroatoms. The highest BCUT2D eigenvalue weighted by atomic mass is 79.9. The maximum absolute atomic E-state index is 12.9. The quantitative estimate of drug-likeness (QED) is 0.689. The Morgan fingerprint density at radius 1 is 0.800 bits per heavy atom. The average molecular weight is 330 g/mol. The van der Waals surface area contributed by atoms with Crippen LogP contribution in [0, 0.1) is 5.82 Å². The van der Waals surface area contributed by atoms with E-state index in [0.29, 0.717) is 0 Å². The third-order valence-corrected chi connectivity index (χ3v) is 3.44. The van der Waals surface area contributed by atoms with E-state index < -0.39 is 0 Å². The summed E-state index contributed by atoms with van der Waals surface area (Å²) >= 11 is 6.83. The van der Waals surface area contributed by atoms with Crippen molar-refractivity contribution in [1.82, 2.24) is 0 Å². The molecule has 0 unspecified atom stereocenters. The van der Waals surface area contributed by atoms with E-state index in [-0.39, 0.29) is 5.82 Å². The molecule has 0 aromatic heterocycles. The van der Waals surface area contributed by atoms with Gasteiger partial charge in [-0.25, -0.2) is 4.39 Å². The molecule has 0 nitrogen and oxygen atoms in total. The van der Waals surface area contributed by atoms with Crippen molar-refractivity contribution in [2.75, 3.05) is 0 Å². The first-order valence-electron chi connectivity index (χ1n) is 4.38. The summed E-state index contributed by atoms with van der Waals surface area (Å²) in [4.78, 5) is 0. The second kappa shape index (κ2) is 4.45. The summed E-state index contributed by atoms with van der Waals surface area (Å²) < 4.78 is 14.7. The van der Waals surface area contributed by atoms with Crippen LogP contribution in [0.2, 0.25) is 0 Å². The third-order valence-electron chi connectivity index (χ3n) is 2.10. The molecular weight excluding hydrogens is 323 g/mol. The summed E-state index contributed by atoms with van der Waals surface area (Å²) in [6, 6.07) is 12.5. The molecule has 2 aromatic carbocycles. The maximum atomic E-state index is 12.9. The van der Waals surface area contributed by atoms with Crippen LogP contribution < -0.4 is 0 Å². The van der Waals surface area contributed by atoms with Crippen molar-refractivity contribution < 1.29 is 4.39 Å². The molecule has 0 bridgehead atoms. The maximum Gasteiger partial charge on any atom is 0.124 e. The molecule has 0 N–H and O–H groups in total. The van der Waals surface area contributed by atoms with Gasteiger partial charge in [0.15, 0.2) is 0 Å². The number of hydrogen-bond donors (Lipinski definition) is 0. The van der Waals surface area contributed by atoms with Crippen LogP contribution >= 0.6 is 31.9 Å². The van der Waals surface area contributed by atoms with Gasteiger partial charge < -0.3 is 0 Å². The van der Waals surface area contributed by atoms with Gasteiger partial charge in [-0.1, -0.05) is 56.1 Å². The number of rotatable bonds is 1. The van der Waals surface area contributed by atoms with Crippen molar-refractivity contribution in [3.63, 3.8) is 0 Å². The van der Waals surface area contributed by atoms with Crippen molar-refractivity contribution in [2.45, 2.75) is 0 Å². The minimum absolute atomic E-state index is 0.238. The van der Waals surface area contributed by atoms with E-state index in [4.69, 9.17) is 0 Å². The molecule has 15 heavy (non-hydrogen) atoms. The van der Waals surface area contributed by atoms with Crippen LogP contribution in [0.15, 0.2) is 51.4 Å². The first-order chi connectivity index (χ1) is 7.18. The van der Waals surface area contributed by atoms with Crippen LogP contribution in [0.3, 0.4) is 0 Å². The Morgan fingerprint density at radius 2 is 1.47 bits per heavy atom. The van der Waals surface area contributed by atoms with Crippen molar-refractivity contribution in [3.05, 3.63) is 57.2 Å². The van der Waals surface area contributed by atoms with Crippen molar-refractivity contribution in [3.8, 4) is 11.1 Å². The van der Waals surface area contributed by atoms with E-state index in [1.807, 2.05) is 24.3 Å². The molecule has 0 aliphatic heterocycles. The standard InChI is InChI=1S/C12H7Br2F/c13-11-4-2-1-3-9(11)10-6-5-8(15)7-12(10)14/h1-7H. The van der Waals surface area contributed by atoms with Crippen molar-refractivity contribution >= 4 is 31.9 Å². The van der Waals surface area contributed by atoms with Crippen LogP contribution in [0.5, 0.6) is 0 Å². The predicted molar refractivity (Wildman–Crippen MR) is 67.2 cm³/mol. The Bertz CT molecular complexity index is 495. The highest BCUT2D eigenvalue weighted by molar-refractivity contribution is 9.11. The Hall–Kier alpha value is -0.670. The molecule has 0 fully saturated rings. The van der Waals surface area contributed by atoms with Gasteiger partial charge in [0.2, 0.25) is 0 Å². The van der Waals surface area contributed by atoms with Gasteiger partial charge in [-0.05, 0) is 29.3 Å². The average Bonchev–Trinajstić information content (AvgIpc) is 2.20. The molecule has 0 heterocycles. The minimum atomic E-state index is -0.238. The molecule has 2 rings (SSSR count). The van der Waals surface area contributed by atoms with Crippen molar-refractivity contribution in [1.29, 1.82) is 0 Å². The van der Waals surface area contributed by atoms with E-state index in [1.165, 1.54) is 12.1 Å². The topological polar surface area (TPSA) is 0 Å². The van der Waals surface area contributed by atoms with Crippen LogP contribution in [-0.4, -0.2) is 0 Å². The summed E-state index contributed by atoms with van der Waals surface area (Å²) in [5.74, 6) is -0.238. The molecule has 2 aromatic rings. The molecule has 0 saturated carbocycles. The zero-order valence-electron chi connectivity index (χ0n) is 7.68. The van der Waals surface area contributed by atoms with Crippen LogP contribution in [0.25, 0.3) is 11.1 Å². The Labute approximate surface area is 104 Å².